The molecule has 0 heterocycles. The van der Waals surface area contributed by atoms with Gasteiger partial charge in [0.05, 0.1) is 5.71 Å². The zero-order chi connectivity index (χ0) is 8.89. The predicted molar refractivity (Wildman–Crippen MR) is 50.9 cm³/mol. The Morgan fingerprint density at radius 1 is 1.31 bits per heavy atom. The second-order valence-electron chi connectivity index (χ2n) is 4.73. The van der Waals surface area contributed by atoms with Gasteiger partial charge in [-0.05, 0) is 38.0 Å². The van der Waals surface area contributed by atoms with Crippen LogP contribution in [-0.2, 0) is 0 Å². The summed E-state index contributed by atoms with van der Waals surface area (Å²) in [4.78, 5) is 0. The van der Waals surface area contributed by atoms with E-state index in [0.717, 1.165) is 24.5 Å². The van der Waals surface area contributed by atoms with Crippen LogP contribution in [0.4, 0.5) is 0 Å². The first-order chi connectivity index (χ1) is 6.37. The topological polar surface area (TPSA) is 32.6 Å². The first kappa shape index (κ1) is 7.60. The second kappa shape index (κ2) is 2.37. The van der Waals surface area contributed by atoms with Gasteiger partial charge in [-0.2, -0.15) is 0 Å². The molecule has 2 saturated carbocycles. The molecule has 0 saturated heterocycles. The standard InChI is InChI=1S/C11H15NO/c13-12-10-8-3-4-9(7-8)11(10)5-1-2-6-11/h1-2,8-9,13H,3-7H2/b12-10-/t8-,9+/m1/s1. The van der Waals surface area contributed by atoms with E-state index in [9.17, 15) is 0 Å². The molecule has 2 fully saturated rings. The molecule has 13 heavy (non-hydrogen) atoms. The Morgan fingerprint density at radius 2 is 2.08 bits per heavy atom. The minimum atomic E-state index is 0.262. The largest absolute Gasteiger partial charge is 0.411 e. The maximum absolute atomic E-state index is 9.07. The molecule has 0 unspecified atom stereocenters. The van der Waals surface area contributed by atoms with Crippen LogP contribution in [0.25, 0.3) is 0 Å². The molecule has 2 nitrogen and oxygen atoms in total. The van der Waals surface area contributed by atoms with Gasteiger partial charge in [0.1, 0.15) is 0 Å². The van der Waals surface area contributed by atoms with Crippen LogP contribution in [0.5, 0.6) is 0 Å². The zero-order valence-corrected chi connectivity index (χ0v) is 7.74. The summed E-state index contributed by atoms with van der Waals surface area (Å²) in [5.74, 6) is 1.41. The van der Waals surface area contributed by atoms with Crippen molar-refractivity contribution in [1.82, 2.24) is 0 Å². The maximum atomic E-state index is 9.07. The van der Waals surface area contributed by atoms with Crippen LogP contribution in [-0.4, -0.2) is 10.9 Å². The average Bonchev–Trinajstić information content (AvgIpc) is 2.79. The molecule has 0 aromatic heterocycles. The highest BCUT2D eigenvalue weighted by Crippen LogP contribution is 2.59. The van der Waals surface area contributed by atoms with Gasteiger partial charge in [-0.25, -0.2) is 0 Å². The van der Waals surface area contributed by atoms with Crippen molar-refractivity contribution in [2.45, 2.75) is 32.1 Å². The summed E-state index contributed by atoms with van der Waals surface area (Å²) in [5, 5.41) is 12.7. The number of hydrogen-bond donors (Lipinski definition) is 1. The monoisotopic (exact) mass is 177 g/mol. The first-order valence-electron chi connectivity index (χ1n) is 5.24. The lowest BCUT2D eigenvalue weighted by Crippen LogP contribution is -2.34. The minimum absolute atomic E-state index is 0.262. The fourth-order valence-electron chi connectivity index (χ4n) is 3.74. The Hall–Kier alpha value is -0.790. The number of oxime groups is 1. The minimum Gasteiger partial charge on any atom is -0.411 e. The quantitative estimate of drug-likeness (QED) is 0.344. The van der Waals surface area contributed by atoms with Crippen LogP contribution in [0.2, 0.25) is 0 Å². The van der Waals surface area contributed by atoms with E-state index in [4.69, 9.17) is 5.21 Å². The molecular formula is C11H15NO. The summed E-state index contributed by atoms with van der Waals surface area (Å²) in [6.45, 7) is 0. The second-order valence-corrected chi connectivity index (χ2v) is 4.73. The van der Waals surface area contributed by atoms with Crippen molar-refractivity contribution in [1.29, 1.82) is 0 Å². The fourth-order valence-corrected chi connectivity index (χ4v) is 3.74. The smallest absolute Gasteiger partial charge is 0.0672 e. The highest BCUT2D eigenvalue weighted by Gasteiger charge is 2.56. The van der Waals surface area contributed by atoms with Gasteiger partial charge >= 0.3 is 0 Å². The van der Waals surface area contributed by atoms with Crippen LogP contribution in [0.15, 0.2) is 17.3 Å². The molecule has 2 heteroatoms. The van der Waals surface area contributed by atoms with Crippen LogP contribution >= 0.6 is 0 Å². The van der Waals surface area contributed by atoms with Crippen molar-refractivity contribution in [2.75, 3.05) is 0 Å². The molecule has 0 aliphatic heterocycles. The van der Waals surface area contributed by atoms with Crippen molar-refractivity contribution >= 4 is 5.71 Å². The van der Waals surface area contributed by atoms with Crippen molar-refractivity contribution in [3.8, 4) is 0 Å². The Kier molecular flexibility index (Phi) is 1.38. The van der Waals surface area contributed by atoms with E-state index in [1.165, 1.54) is 19.3 Å². The van der Waals surface area contributed by atoms with Crippen LogP contribution in [0.3, 0.4) is 0 Å². The number of hydrogen-bond acceptors (Lipinski definition) is 2. The molecular weight excluding hydrogens is 162 g/mol. The molecule has 0 aromatic rings. The molecule has 70 valence electrons. The highest BCUT2D eigenvalue weighted by molar-refractivity contribution is 5.95. The summed E-state index contributed by atoms with van der Waals surface area (Å²) in [6, 6.07) is 0. The summed E-state index contributed by atoms with van der Waals surface area (Å²) in [5.41, 5.74) is 1.38. The number of fused-ring (bicyclic) bond motifs is 3. The molecule has 0 amide bonds. The molecule has 3 rings (SSSR count). The van der Waals surface area contributed by atoms with Crippen molar-refractivity contribution in [2.24, 2.45) is 22.4 Å². The van der Waals surface area contributed by atoms with Crippen molar-refractivity contribution in [3.05, 3.63) is 12.2 Å². The third-order valence-corrected chi connectivity index (χ3v) is 4.35. The molecule has 3 aliphatic rings. The molecule has 0 radical (unpaired) electrons. The average molecular weight is 177 g/mol. The van der Waals surface area contributed by atoms with Gasteiger partial charge < -0.3 is 5.21 Å². The molecule has 0 aromatic carbocycles. The molecule has 2 atom stereocenters. The van der Waals surface area contributed by atoms with E-state index >= 15 is 0 Å². The maximum Gasteiger partial charge on any atom is 0.0672 e. The van der Waals surface area contributed by atoms with E-state index in [2.05, 4.69) is 17.3 Å². The summed E-state index contributed by atoms with van der Waals surface area (Å²) < 4.78 is 0. The Morgan fingerprint density at radius 3 is 2.77 bits per heavy atom. The van der Waals surface area contributed by atoms with Crippen molar-refractivity contribution in [3.63, 3.8) is 0 Å². The normalized spacial score (nSPS) is 42.6. The van der Waals surface area contributed by atoms with Gasteiger partial charge in [-0.1, -0.05) is 17.3 Å². The van der Waals surface area contributed by atoms with E-state index in [-0.39, 0.29) is 5.41 Å². The van der Waals surface area contributed by atoms with E-state index in [0.29, 0.717) is 5.92 Å². The third-order valence-electron chi connectivity index (χ3n) is 4.35. The van der Waals surface area contributed by atoms with Gasteiger partial charge in [0.2, 0.25) is 0 Å². The third kappa shape index (κ3) is 0.767. The van der Waals surface area contributed by atoms with E-state index in [1.54, 1.807) is 0 Å². The first-order valence-corrected chi connectivity index (χ1v) is 5.24. The lowest BCUT2D eigenvalue weighted by molar-refractivity contribution is 0.263. The van der Waals surface area contributed by atoms with Crippen LogP contribution in [0, 0.1) is 17.3 Å². The van der Waals surface area contributed by atoms with Gasteiger partial charge in [0.25, 0.3) is 0 Å². The van der Waals surface area contributed by atoms with E-state index in [1.807, 2.05) is 0 Å². The fraction of sp³-hybridized carbons (Fsp3) is 0.727. The molecule has 2 bridgehead atoms. The lowest BCUT2D eigenvalue weighted by atomic mass is 9.70. The Bertz CT molecular complexity index is 284. The molecule has 3 aliphatic carbocycles. The van der Waals surface area contributed by atoms with Gasteiger partial charge in [-0.3, -0.25) is 0 Å². The highest BCUT2D eigenvalue weighted by atomic mass is 16.4. The molecule has 1 N–H and O–H groups in total. The number of nitrogens with zero attached hydrogens (tertiary/aromatic N) is 1. The number of allylic oxidation sites excluding steroid dienone is 2. The Labute approximate surface area is 78.3 Å². The summed E-state index contributed by atoms with van der Waals surface area (Å²) in [7, 11) is 0. The van der Waals surface area contributed by atoms with Gasteiger partial charge in [0, 0.05) is 11.3 Å². The SMILES string of the molecule is O/N=C1/[C@@H]2CC[C@@H](C2)C12CC=CC2. The predicted octanol–water partition coefficient (Wildman–Crippen LogP) is 2.58. The van der Waals surface area contributed by atoms with Crippen LogP contribution in [0.1, 0.15) is 32.1 Å². The lowest BCUT2D eigenvalue weighted by Gasteiger charge is -2.34. The summed E-state index contributed by atoms with van der Waals surface area (Å²) in [6.07, 6.45) is 10.6. The van der Waals surface area contributed by atoms with Gasteiger partial charge in [-0.15, -0.1) is 0 Å². The van der Waals surface area contributed by atoms with E-state index < -0.39 is 0 Å². The van der Waals surface area contributed by atoms with Crippen molar-refractivity contribution < 1.29 is 5.21 Å². The summed E-state index contributed by atoms with van der Waals surface area (Å²) >= 11 is 0. The molecule has 1 spiro atoms. The zero-order valence-electron chi connectivity index (χ0n) is 7.74. The van der Waals surface area contributed by atoms with Gasteiger partial charge in [0.15, 0.2) is 0 Å². The number of rotatable bonds is 0. The Balaban J connectivity index is 2.03. The van der Waals surface area contributed by atoms with Crippen LogP contribution < -0.4 is 0 Å².